The van der Waals surface area contributed by atoms with E-state index < -0.39 is 6.17 Å². The molecule has 1 aromatic heterocycles. The van der Waals surface area contributed by atoms with E-state index in [-0.39, 0.29) is 17.3 Å². The van der Waals surface area contributed by atoms with Gasteiger partial charge in [-0.25, -0.2) is 0 Å². The minimum atomic E-state index is -0.494. The van der Waals surface area contributed by atoms with Crippen molar-refractivity contribution in [3.05, 3.63) is 70.5 Å². The van der Waals surface area contributed by atoms with Crippen LogP contribution in [0.2, 0.25) is 5.02 Å². The number of benzene rings is 1. The Morgan fingerprint density at radius 2 is 2.03 bits per heavy atom. The molecule has 33 heavy (non-hydrogen) atoms. The average Bonchev–Trinajstić information content (AvgIpc) is 2.77. The SMILES string of the molecule is CC1=C(CC(NC(=O)c2ccc(Cl)cc2)N/C(=N/C#N)Nc2cccnc2)C(C)(C)CCC1. The van der Waals surface area contributed by atoms with E-state index in [1.165, 1.54) is 11.1 Å². The summed E-state index contributed by atoms with van der Waals surface area (Å²) < 4.78 is 0. The largest absolute Gasteiger partial charge is 0.335 e. The first-order chi connectivity index (χ1) is 15.8. The molecule has 7 nitrogen and oxygen atoms in total. The van der Waals surface area contributed by atoms with Crippen molar-refractivity contribution < 1.29 is 4.79 Å². The van der Waals surface area contributed by atoms with Crippen LogP contribution in [-0.2, 0) is 0 Å². The summed E-state index contributed by atoms with van der Waals surface area (Å²) in [5, 5.41) is 19.1. The molecule has 172 valence electrons. The van der Waals surface area contributed by atoms with Crippen LogP contribution >= 0.6 is 11.6 Å². The molecule has 3 N–H and O–H groups in total. The molecule has 0 saturated heterocycles. The molecule has 0 radical (unpaired) electrons. The van der Waals surface area contributed by atoms with E-state index >= 15 is 0 Å². The molecule has 3 rings (SSSR count). The minimum absolute atomic E-state index is 0.0244. The standard InChI is InChI=1S/C25H29ClN6O/c1-17-6-4-12-25(2,3)21(17)14-22(31-23(33)18-8-10-19(26)11-9-18)32-24(29-16-27)30-20-7-5-13-28-15-20/h5,7-11,13,15,22H,4,6,12,14H2,1-3H3,(H,31,33)(H2,29,30,32). The first kappa shape index (κ1) is 24.3. The van der Waals surface area contributed by atoms with Crippen LogP contribution in [-0.4, -0.2) is 23.0 Å². The van der Waals surface area contributed by atoms with Crippen LogP contribution in [0.4, 0.5) is 5.69 Å². The number of nitriles is 1. The summed E-state index contributed by atoms with van der Waals surface area (Å²) in [6, 6.07) is 10.3. The number of rotatable bonds is 6. The van der Waals surface area contributed by atoms with Gasteiger partial charge in [0, 0.05) is 23.2 Å². The van der Waals surface area contributed by atoms with Gasteiger partial charge in [-0.15, -0.1) is 4.99 Å². The zero-order valence-corrected chi connectivity index (χ0v) is 19.9. The van der Waals surface area contributed by atoms with Crippen molar-refractivity contribution in [1.82, 2.24) is 15.6 Å². The second kappa shape index (κ2) is 11.0. The predicted octanol–water partition coefficient (Wildman–Crippen LogP) is 5.25. The number of allylic oxidation sites excluding steroid dienone is 1. The monoisotopic (exact) mass is 464 g/mol. The van der Waals surface area contributed by atoms with Crippen LogP contribution in [0.15, 0.2) is 64.9 Å². The van der Waals surface area contributed by atoms with E-state index in [2.05, 4.69) is 46.7 Å². The van der Waals surface area contributed by atoms with E-state index in [1.54, 1.807) is 42.7 Å². The Hall–Kier alpha value is -3.37. The van der Waals surface area contributed by atoms with Crippen molar-refractivity contribution >= 4 is 29.2 Å². The summed E-state index contributed by atoms with van der Waals surface area (Å²) >= 11 is 5.97. The van der Waals surface area contributed by atoms with Gasteiger partial charge >= 0.3 is 0 Å². The lowest BCUT2D eigenvalue weighted by atomic mass is 9.71. The van der Waals surface area contributed by atoms with Gasteiger partial charge < -0.3 is 16.0 Å². The van der Waals surface area contributed by atoms with Crippen molar-refractivity contribution in [3.8, 4) is 6.19 Å². The highest BCUT2D eigenvalue weighted by molar-refractivity contribution is 6.30. The number of halogens is 1. The van der Waals surface area contributed by atoms with Crippen molar-refractivity contribution in [2.75, 3.05) is 5.32 Å². The zero-order chi connectivity index (χ0) is 23.8. The Kier molecular flexibility index (Phi) is 8.07. The van der Waals surface area contributed by atoms with Gasteiger partial charge in [0.05, 0.1) is 11.9 Å². The van der Waals surface area contributed by atoms with Crippen LogP contribution in [0.25, 0.3) is 0 Å². The number of amides is 1. The summed E-state index contributed by atoms with van der Waals surface area (Å²) in [6.07, 6.45) is 8.48. The summed E-state index contributed by atoms with van der Waals surface area (Å²) in [4.78, 5) is 21.0. The van der Waals surface area contributed by atoms with Gasteiger partial charge in [0.2, 0.25) is 12.2 Å². The van der Waals surface area contributed by atoms with Crippen LogP contribution in [0.5, 0.6) is 0 Å². The number of carbonyl (C=O) groups excluding carboxylic acids is 1. The maximum Gasteiger partial charge on any atom is 0.252 e. The highest BCUT2D eigenvalue weighted by Crippen LogP contribution is 2.42. The Balaban J connectivity index is 1.86. The molecule has 0 bridgehead atoms. The summed E-state index contributed by atoms with van der Waals surface area (Å²) in [7, 11) is 0. The highest BCUT2D eigenvalue weighted by Gasteiger charge is 2.31. The van der Waals surface area contributed by atoms with Crippen LogP contribution < -0.4 is 16.0 Å². The first-order valence-corrected chi connectivity index (χ1v) is 11.3. The Morgan fingerprint density at radius 3 is 2.67 bits per heavy atom. The number of aromatic nitrogens is 1. The number of pyridine rings is 1. The molecule has 1 amide bonds. The van der Waals surface area contributed by atoms with Crippen LogP contribution in [0, 0.1) is 16.9 Å². The minimum Gasteiger partial charge on any atom is -0.335 e. The molecule has 2 aromatic rings. The molecule has 1 atom stereocenters. The number of guanidine groups is 1. The normalized spacial score (nSPS) is 16.5. The van der Waals surface area contributed by atoms with Crippen molar-refractivity contribution in [1.29, 1.82) is 5.26 Å². The molecule has 1 unspecified atom stereocenters. The van der Waals surface area contributed by atoms with Gasteiger partial charge in [0.25, 0.3) is 5.91 Å². The summed E-state index contributed by atoms with van der Waals surface area (Å²) in [5.74, 6) is -0.00695. The predicted molar refractivity (Wildman–Crippen MR) is 132 cm³/mol. The van der Waals surface area contributed by atoms with E-state index in [4.69, 9.17) is 11.6 Å². The van der Waals surface area contributed by atoms with Gasteiger partial charge in [-0.1, -0.05) is 36.6 Å². The Morgan fingerprint density at radius 1 is 1.27 bits per heavy atom. The maximum absolute atomic E-state index is 13.0. The third kappa shape index (κ3) is 6.80. The topological polar surface area (TPSA) is 102 Å². The molecule has 0 fully saturated rings. The number of hydrogen-bond acceptors (Lipinski definition) is 4. The van der Waals surface area contributed by atoms with E-state index in [1.807, 2.05) is 12.3 Å². The van der Waals surface area contributed by atoms with Gasteiger partial charge in [-0.05, 0) is 68.0 Å². The molecule has 1 heterocycles. The lowest BCUT2D eigenvalue weighted by molar-refractivity contribution is 0.0932. The Labute approximate surface area is 200 Å². The third-order valence-corrected chi connectivity index (χ3v) is 6.15. The molecule has 0 spiro atoms. The molecule has 0 aliphatic heterocycles. The average molecular weight is 465 g/mol. The van der Waals surface area contributed by atoms with Crippen LogP contribution in [0.3, 0.4) is 0 Å². The first-order valence-electron chi connectivity index (χ1n) is 10.9. The summed E-state index contributed by atoms with van der Waals surface area (Å²) in [6.45, 7) is 6.63. The highest BCUT2D eigenvalue weighted by atomic mass is 35.5. The molecular weight excluding hydrogens is 436 g/mol. The van der Waals surface area contributed by atoms with Gasteiger partial charge in [-0.3, -0.25) is 9.78 Å². The van der Waals surface area contributed by atoms with Gasteiger partial charge in [-0.2, -0.15) is 5.26 Å². The third-order valence-electron chi connectivity index (χ3n) is 5.90. The fourth-order valence-corrected chi connectivity index (χ4v) is 4.32. The van der Waals surface area contributed by atoms with E-state index in [0.717, 1.165) is 19.3 Å². The van der Waals surface area contributed by atoms with E-state index in [9.17, 15) is 10.1 Å². The number of nitrogens with zero attached hydrogens (tertiary/aromatic N) is 3. The number of anilines is 1. The van der Waals surface area contributed by atoms with Crippen molar-refractivity contribution in [3.63, 3.8) is 0 Å². The lowest BCUT2D eigenvalue weighted by Gasteiger charge is -2.37. The molecule has 1 aliphatic rings. The Bertz CT molecular complexity index is 1070. The van der Waals surface area contributed by atoms with Gasteiger partial charge in [0.15, 0.2) is 0 Å². The molecule has 0 saturated carbocycles. The van der Waals surface area contributed by atoms with Crippen molar-refractivity contribution in [2.45, 2.75) is 52.6 Å². The number of carbonyl (C=O) groups is 1. The number of aliphatic imine (C=N–C) groups is 1. The smallest absolute Gasteiger partial charge is 0.252 e. The molecule has 8 heteroatoms. The van der Waals surface area contributed by atoms with Gasteiger partial charge in [0.1, 0.15) is 6.17 Å². The molecule has 1 aliphatic carbocycles. The number of nitrogens with one attached hydrogen (secondary N) is 3. The number of hydrogen-bond donors (Lipinski definition) is 3. The maximum atomic E-state index is 13.0. The van der Waals surface area contributed by atoms with Crippen molar-refractivity contribution in [2.24, 2.45) is 10.4 Å². The second-order valence-corrected chi connectivity index (χ2v) is 9.24. The molecular formula is C25H29ClN6O. The van der Waals surface area contributed by atoms with E-state index in [0.29, 0.717) is 22.7 Å². The zero-order valence-electron chi connectivity index (χ0n) is 19.2. The summed E-state index contributed by atoms with van der Waals surface area (Å²) in [5.41, 5.74) is 3.85. The second-order valence-electron chi connectivity index (χ2n) is 8.80. The van der Waals surface area contributed by atoms with Crippen LogP contribution in [0.1, 0.15) is 56.8 Å². The molecule has 1 aromatic carbocycles. The quantitative estimate of drug-likeness (QED) is 0.178. The fourth-order valence-electron chi connectivity index (χ4n) is 4.20. The fraction of sp³-hybridized carbons (Fsp3) is 0.360. The lowest BCUT2D eigenvalue weighted by Crippen LogP contribution is -2.50.